The summed E-state index contributed by atoms with van der Waals surface area (Å²) < 4.78 is 5.68. The number of pyridine rings is 1. The van der Waals surface area contributed by atoms with E-state index in [2.05, 4.69) is 20.8 Å². The highest BCUT2D eigenvalue weighted by Gasteiger charge is 2.24. The fraction of sp³-hybridized carbons (Fsp3) is 0.421. The van der Waals surface area contributed by atoms with Crippen molar-refractivity contribution in [2.24, 2.45) is 0 Å². The molecule has 5 rings (SSSR count). The van der Waals surface area contributed by atoms with Crippen molar-refractivity contribution in [1.82, 2.24) is 20.4 Å². The van der Waals surface area contributed by atoms with Gasteiger partial charge in [-0.1, -0.05) is 5.16 Å². The molecule has 0 saturated carbocycles. The number of aromatic nitrogens is 3. The number of hydrogen-bond acceptors (Lipinski definition) is 6. The molecule has 0 fully saturated rings. The number of aryl methyl sites for hydroxylation is 2. The van der Waals surface area contributed by atoms with Crippen molar-refractivity contribution in [3.63, 3.8) is 0 Å². The fourth-order valence-electron chi connectivity index (χ4n) is 3.98. The van der Waals surface area contributed by atoms with Gasteiger partial charge in [0.05, 0.1) is 4.88 Å². The van der Waals surface area contributed by atoms with Crippen LogP contribution in [0.25, 0.3) is 22.2 Å². The normalized spacial score (nSPS) is 15.9. The van der Waals surface area contributed by atoms with E-state index in [-0.39, 0.29) is 12.4 Å². The van der Waals surface area contributed by atoms with Crippen molar-refractivity contribution in [3.05, 3.63) is 39.5 Å². The molecule has 0 unspecified atom stereocenters. The van der Waals surface area contributed by atoms with E-state index < -0.39 is 0 Å². The molecule has 0 atom stereocenters. The Balaban J connectivity index is 0.00000168. The minimum absolute atomic E-state index is 0. The second-order valence-electron chi connectivity index (χ2n) is 6.85. The average Bonchev–Trinajstić information content (AvgIpc) is 3.28. The summed E-state index contributed by atoms with van der Waals surface area (Å²) in [6.45, 7) is 3.87. The zero-order valence-corrected chi connectivity index (χ0v) is 16.3. The molecular formula is C19H21ClN4OS. The molecule has 0 spiro atoms. The van der Waals surface area contributed by atoms with E-state index in [1.165, 1.54) is 41.5 Å². The fourth-order valence-corrected chi connectivity index (χ4v) is 5.06. The smallest absolute Gasteiger partial charge is 0.268 e. The topological polar surface area (TPSA) is 63.8 Å². The van der Waals surface area contributed by atoms with Crippen LogP contribution in [0.3, 0.4) is 0 Å². The average molecular weight is 389 g/mol. The lowest BCUT2D eigenvalue weighted by molar-refractivity contribution is 0.432. The number of rotatable bonds is 2. The predicted octanol–water partition coefficient (Wildman–Crippen LogP) is 4.11. The summed E-state index contributed by atoms with van der Waals surface area (Å²) in [5.74, 6) is 1.34. The summed E-state index contributed by atoms with van der Waals surface area (Å²) in [5.41, 5.74) is 7.46. The molecule has 3 aromatic rings. The Bertz CT molecular complexity index is 949. The Hall–Kier alpha value is -1.76. The molecular weight excluding hydrogens is 368 g/mol. The van der Waals surface area contributed by atoms with Crippen LogP contribution >= 0.6 is 23.7 Å². The van der Waals surface area contributed by atoms with Crippen molar-refractivity contribution in [2.45, 2.75) is 45.6 Å². The van der Waals surface area contributed by atoms with E-state index >= 15 is 0 Å². The van der Waals surface area contributed by atoms with Gasteiger partial charge in [0, 0.05) is 24.0 Å². The van der Waals surface area contributed by atoms with E-state index in [1.54, 1.807) is 11.3 Å². The van der Waals surface area contributed by atoms with Gasteiger partial charge in [-0.2, -0.15) is 4.98 Å². The number of halogens is 1. The molecule has 0 radical (unpaired) electrons. The van der Waals surface area contributed by atoms with Crippen LogP contribution in [0.4, 0.5) is 0 Å². The first kappa shape index (κ1) is 17.6. The van der Waals surface area contributed by atoms with Gasteiger partial charge in [0.2, 0.25) is 5.82 Å². The second-order valence-corrected chi connectivity index (χ2v) is 7.73. The molecule has 5 nitrogen and oxygen atoms in total. The lowest BCUT2D eigenvalue weighted by Crippen LogP contribution is -2.24. The van der Waals surface area contributed by atoms with Crippen LogP contribution in [0.15, 0.2) is 16.1 Å². The maximum Gasteiger partial charge on any atom is 0.268 e. The van der Waals surface area contributed by atoms with Gasteiger partial charge in [-0.15, -0.1) is 23.7 Å². The number of nitrogens with zero attached hydrogens (tertiary/aromatic N) is 3. The lowest BCUT2D eigenvalue weighted by Gasteiger charge is -2.19. The Labute approximate surface area is 162 Å². The Morgan fingerprint density at radius 1 is 1.12 bits per heavy atom. The van der Waals surface area contributed by atoms with E-state index in [4.69, 9.17) is 9.51 Å². The molecule has 7 heteroatoms. The van der Waals surface area contributed by atoms with Crippen molar-refractivity contribution in [2.75, 3.05) is 6.54 Å². The molecule has 136 valence electrons. The van der Waals surface area contributed by atoms with Crippen LogP contribution in [0.2, 0.25) is 0 Å². The molecule has 4 heterocycles. The highest BCUT2D eigenvalue weighted by molar-refractivity contribution is 7.13. The van der Waals surface area contributed by atoms with E-state index in [0.29, 0.717) is 11.7 Å². The van der Waals surface area contributed by atoms with Gasteiger partial charge in [0.25, 0.3) is 5.89 Å². The van der Waals surface area contributed by atoms with Crippen molar-refractivity contribution in [1.29, 1.82) is 0 Å². The zero-order chi connectivity index (χ0) is 16.8. The maximum atomic E-state index is 5.68. The van der Waals surface area contributed by atoms with Crippen LogP contribution in [-0.4, -0.2) is 21.7 Å². The van der Waals surface area contributed by atoms with Gasteiger partial charge in [0.1, 0.15) is 0 Å². The Morgan fingerprint density at radius 2 is 2.00 bits per heavy atom. The summed E-state index contributed by atoms with van der Waals surface area (Å²) >= 11 is 1.74. The van der Waals surface area contributed by atoms with E-state index in [9.17, 15) is 0 Å². The third-order valence-electron chi connectivity index (χ3n) is 5.28. The molecule has 0 aromatic carbocycles. The quantitative estimate of drug-likeness (QED) is 0.715. The van der Waals surface area contributed by atoms with Gasteiger partial charge in [-0.25, -0.2) is 0 Å². The first-order chi connectivity index (χ1) is 12.3. The summed E-state index contributed by atoms with van der Waals surface area (Å²) in [5, 5.41) is 9.98. The van der Waals surface area contributed by atoms with Crippen LogP contribution in [0.5, 0.6) is 0 Å². The van der Waals surface area contributed by atoms with Crippen LogP contribution < -0.4 is 5.32 Å². The minimum atomic E-state index is 0. The Morgan fingerprint density at radius 3 is 2.92 bits per heavy atom. The lowest BCUT2D eigenvalue weighted by atomic mass is 9.94. The molecule has 1 aliphatic carbocycles. The summed E-state index contributed by atoms with van der Waals surface area (Å²) in [4.78, 5) is 10.5. The standard InChI is InChI=1S/C19H20N4OS.ClH/c1-11-16(14-6-7-20-8-13(14)9-21-11)18-22-19(24-23-18)17-15-5-3-2-4-12(15)10-25-17;/h9-10,20H,2-8H2,1H3;1H. The minimum Gasteiger partial charge on any atom is -0.333 e. The number of fused-ring (bicyclic) bond motifs is 2. The molecule has 2 aliphatic rings. The number of hydrogen-bond donors (Lipinski definition) is 1. The molecule has 1 N–H and O–H groups in total. The van der Waals surface area contributed by atoms with Crippen molar-refractivity contribution >= 4 is 23.7 Å². The zero-order valence-electron chi connectivity index (χ0n) is 14.7. The SMILES string of the molecule is Cc1ncc2c(c1-c1noc(-c3scc4c3CCCC4)n1)CCNC2.Cl. The third kappa shape index (κ3) is 2.86. The monoisotopic (exact) mass is 388 g/mol. The van der Waals surface area contributed by atoms with Gasteiger partial charge in [-0.05, 0) is 73.2 Å². The molecule has 26 heavy (non-hydrogen) atoms. The third-order valence-corrected chi connectivity index (χ3v) is 6.34. The molecule has 0 amide bonds. The van der Waals surface area contributed by atoms with Crippen LogP contribution in [0, 0.1) is 6.92 Å². The summed E-state index contributed by atoms with van der Waals surface area (Å²) in [6.07, 6.45) is 7.78. The van der Waals surface area contributed by atoms with Gasteiger partial charge < -0.3 is 9.84 Å². The molecule has 3 aromatic heterocycles. The molecule has 0 bridgehead atoms. The number of nitrogens with one attached hydrogen (secondary N) is 1. The van der Waals surface area contributed by atoms with E-state index in [1.807, 2.05) is 13.1 Å². The number of thiophene rings is 1. The predicted molar refractivity (Wildman–Crippen MR) is 105 cm³/mol. The van der Waals surface area contributed by atoms with Crippen LogP contribution in [0.1, 0.15) is 40.8 Å². The maximum absolute atomic E-state index is 5.68. The first-order valence-electron chi connectivity index (χ1n) is 8.93. The van der Waals surface area contributed by atoms with Gasteiger partial charge in [-0.3, -0.25) is 4.98 Å². The van der Waals surface area contributed by atoms with Gasteiger partial charge in [0.15, 0.2) is 0 Å². The van der Waals surface area contributed by atoms with Crippen LogP contribution in [-0.2, 0) is 25.8 Å². The van der Waals surface area contributed by atoms with Gasteiger partial charge >= 0.3 is 0 Å². The Kier molecular flexibility index (Phi) is 4.82. The highest BCUT2D eigenvalue weighted by atomic mass is 35.5. The van der Waals surface area contributed by atoms with Crippen molar-refractivity contribution in [3.8, 4) is 22.2 Å². The van der Waals surface area contributed by atoms with Crippen molar-refractivity contribution < 1.29 is 4.52 Å². The second kappa shape index (κ2) is 7.10. The summed E-state index contributed by atoms with van der Waals surface area (Å²) in [7, 11) is 0. The summed E-state index contributed by atoms with van der Waals surface area (Å²) in [6, 6.07) is 0. The highest BCUT2D eigenvalue weighted by Crippen LogP contribution is 2.37. The first-order valence-corrected chi connectivity index (χ1v) is 9.81. The molecule has 0 saturated heterocycles. The molecule has 1 aliphatic heterocycles. The van der Waals surface area contributed by atoms with E-state index in [0.717, 1.165) is 42.1 Å². The largest absolute Gasteiger partial charge is 0.333 e.